The molecule has 1 N–H and O–H groups in total. The fraction of sp³-hybridized carbons (Fsp3) is 0.133. The van der Waals surface area contributed by atoms with Crippen LogP contribution in [0, 0.1) is 6.92 Å². The van der Waals surface area contributed by atoms with Gasteiger partial charge in [0.15, 0.2) is 0 Å². The zero-order chi connectivity index (χ0) is 15.4. The predicted octanol–water partition coefficient (Wildman–Crippen LogP) is 3.19. The Kier molecular flexibility index (Phi) is 4.70. The molecule has 0 fully saturated rings. The van der Waals surface area contributed by atoms with Crippen LogP contribution in [0.2, 0.25) is 0 Å². The summed E-state index contributed by atoms with van der Waals surface area (Å²) in [6, 6.07) is 10.1. The minimum atomic E-state index is -0.441. The maximum atomic E-state index is 12.2. The van der Waals surface area contributed by atoms with Crippen LogP contribution in [0.15, 0.2) is 41.0 Å². The van der Waals surface area contributed by atoms with Gasteiger partial charge in [0, 0.05) is 5.69 Å². The first kappa shape index (κ1) is 15.2. The van der Waals surface area contributed by atoms with Crippen LogP contribution in [0.1, 0.15) is 26.4 Å². The van der Waals surface area contributed by atoms with Crippen molar-refractivity contribution >= 4 is 33.5 Å². The lowest BCUT2D eigenvalue weighted by molar-refractivity contribution is 0.0599. The summed E-state index contributed by atoms with van der Waals surface area (Å²) in [6.45, 7) is 1.75. The third kappa shape index (κ3) is 3.46. The molecule has 1 aromatic heterocycles. The Balaban J connectivity index is 2.28. The maximum absolute atomic E-state index is 12.2. The fourth-order valence-corrected chi connectivity index (χ4v) is 2.17. The molecule has 1 amide bonds. The summed E-state index contributed by atoms with van der Waals surface area (Å²) in [4.78, 5) is 27.9. The van der Waals surface area contributed by atoms with E-state index in [2.05, 4.69) is 26.2 Å². The zero-order valence-corrected chi connectivity index (χ0v) is 13.1. The number of rotatable bonds is 3. The maximum Gasteiger partial charge on any atom is 0.338 e. The van der Waals surface area contributed by atoms with Crippen molar-refractivity contribution in [1.82, 2.24) is 4.98 Å². The molecule has 0 aliphatic rings. The van der Waals surface area contributed by atoms with E-state index in [0.717, 1.165) is 0 Å². The molecule has 0 bridgehead atoms. The molecule has 0 radical (unpaired) electrons. The first-order valence-corrected chi connectivity index (χ1v) is 6.94. The third-order valence-electron chi connectivity index (χ3n) is 2.94. The average Bonchev–Trinajstić information content (AvgIpc) is 2.48. The molecule has 0 aliphatic heterocycles. The Morgan fingerprint density at radius 1 is 1.19 bits per heavy atom. The number of carbonyl (C=O) groups excluding carboxylic acids is 2. The van der Waals surface area contributed by atoms with E-state index in [1.54, 1.807) is 43.3 Å². The first-order valence-electron chi connectivity index (χ1n) is 6.14. The van der Waals surface area contributed by atoms with Crippen LogP contribution in [-0.4, -0.2) is 24.0 Å². The molecule has 108 valence electrons. The molecule has 0 aliphatic carbocycles. The van der Waals surface area contributed by atoms with Crippen molar-refractivity contribution < 1.29 is 14.3 Å². The van der Waals surface area contributed by atoms with Crippen molar-refractivity contribution in [1.29, 1.82) is 0 Å². The molecular formula is C15H13BrN2O3. The second-order valence-corrected chi connectivity index (χ2v) is 5.08. The SMILES string of the molecule is COC(=O)c1cccc(NC(=O)c2cccc(Br)n2)c1C. The number of benzene rings is 1. The molecule has 0 spiro atoms. The number of anilines is 1. The lowest BCUT2D eigenvalue weighted by Gasteiger charge is -2.11. The van der Waals surface area contributed by atoms with Gasteiger partial charge in [0.2, 0.25) is 0 Å². The van der Waals surface area contributed by atoms with Gasteiger partial charge < -0.3 is 10.1 Å². The van der Waals surface area contributed by atoms with E-state index in [4.69, 9.17) is 4.74 Å². The molecule has 0 saturated heterocycles. The highest BCUT2D eigenvalue weighted by atomic mass is 79.9. The Labute approximate surface area is 130 Å². The quantitative estimate of drug-likeness (QED) is 0.683. The van der Waals surface area contributed by atoms with Gasteiger partial charge in [-0.1, -0.05) is 12.1 Å². The number of halogens is 1. The van der Waals surface area contributed by atoms with Gasteiger partial charge in [0.1, 0.15) is 10.3 Å². The van der Waals surface area contributed by atoms with Crippen molar-refractivity contribution in [3.05, 3.63) is 57.8 Å². The van der Waals surface area contributed by atoms with E-state index in [-0.39, 0.29) is 11.6 Å². The number of hydrogen-bond acceptors (Lipinski definition) is 4. The van der Waals surface area contributed by atoms with Gasteiger partial charge in [-0.25, -0.2) is 9.78 Å². The zero-order valence-electron chi connectivity index (χ0n) is 11.5. The molecule has 0 saturated carbocycles. The third-order valence-corrected chi connectivity index (χ3v) is 3.38. The molecule has 1 heterocycles. The standard InChI is InChI=1S/C15H13BrN2O3/c1-9-10(15(20)21-2)5-3-6-11(9)18-14(19)12-7-4-8-13(16)17-12/h3-8H,1-2H3,(H,18,19). The number of hydrogen-bond donors (Lipinski definition) is 1. The van der Waals surface area contributed by atoms with Crippen molar-refractivity contribution in [2.24, 2.45) is 0 Å². The van der Waals surface area contributed by atoms with E-state index in [9.17, 15) is 9.59 Å². The highest BCUT2D eigenvalue weighted by molar-refractivity contribution is 9.10. The normalized spacial score (nSPS) is 10.0. The predicted molar refractivity (Wildman–Crippen MR) is 82.4 cm³/mol. The number of ether oxygens (including phenoxy) is 1. The Morgan fingerprint density at radius 3 is 2.57 bits per heavy atom. The minimum absolute atomic E-state index is 0.284. The van der Waals surface area contributed by atoms with Crippen molar-refractivity contribution in [3.8, 4) is 0 Å². The molecule has 0 unspecified atom stereocenters. The molecule has 21 heavy (non-hydrogen) atoms. The average molecular weight is 349 g/mol. The van der Waals surface area contributed by atoms with Crippen LogP contribution >= 0.6 is 15.9 Å². The molecule has 2 aromatic rings. The molecule has 0 atom stereocenters. The number of amides is 1. The monoisotopic (exact) mass is 348 g/mol. The van der Waals surface area contributed by atoms with Gasteiger partial charge in [-0.05, 0) is 52.7 Å². The van der Waals surface area contributed by atoms with E-state index >= 15 is 0 Å². The lowest BCUT2D eigenvalue weighted by Crippen LogP contribution is -2.15. The van der Waals surface area contributed by atoms with Gasteiger partial charge in [0.05, 0.1) is 12.7 Å². The molecule has 6 heteroatoms. The Hall–Kier alpha value is -2.21. The fourth-order valence-electron chi connectivity index (χ4n) is 1.82. The second-order valence-electron chi connectivity index (χ2n) is 4.27. The van der Waals surface area contributed by atoms with Gasteiger partial charge in [0.25, 0.3) is 5.91 Å². The van der Waals surface area contributed by atoms with E-state index in [1.807, 2.05) is 0 Å². The summed E-state index contributed by atoms with van der Waals surface area (Å²) in [7, 11) is 1.32. The summed E-state index contributed by atoms with van der Waals surface area (Å²) in [5.74, 6) is -0.786. The van der Waals surface area contributed by atoms with Crippen LogP contribution in [0.3, 0.4) is 0 Å². The summed E-state index contributed by atoms with van der Waals surface area (Å²) < 4.78 is 5.29. The van der Waals surface area contributed by atoms with E-state index in [0.29, 0.717) is 21.4 Å². The van der Waals surface area contributed by atoms with Crippen molar-refractivity contribution in [2.75, 3.05) is 12.4 Å². The smallest absolute Gasteiger partial charge is 0.338 e. The van der Waals surface area contributed by atoms with E-state index in [1.165, 1.54) is 7.11 Å². The van der Waals surface area contributed by atoms with Crippen LogP contribution in [0.25, 0.3) is 0 Å². The second kappa shape index (κ2) is 6.49. The topological polar surface area (TPSA) is 68.3 Å². The molecule has 2 rings (SSSR count). The largest absolute Gasteiger partial charge is 0.465 e. The number of carbonyl (C=O) groups is 2. The van der Waals surface area contributed by atoms with Gasteiger partial charge in [-0.3, -0.25) is 4.79 Å². The highest BCUT2D eigenvalue weighted by Crippen LogP contribution is 2.20. The van der Waals surface area contributed by atoms with Crippen LogP contribution < -0.4 is 5.32 Å². The minimum Gasteiger partial charge on any atom is -0.465 e. The van der Waals surface area contributed by atoms with Crippen molar-refractivity contribution in [3.63, 3.8) is 0 Å². The molecular weight excluding hydrogens is 336 g/mol. The number of nitrogens with zero attached hydrogens (tertiary/aromatic N) is 1. The lowest BCUT2D eigenvalue weighted by atomic mass is 10.1. The summed E-state index contributed by atoms with van der Waals surface area (Å²) in [6.07, 6.45) is 0. The van der Waals surface area contributed by atoms with Gasteiger partial charge >= 0.3 is 5.97 Å². The van der Waals surface area contributed by atoms with Crippen LogP contribution in [0.4, 0.5) is 5.69 Å². The van der Waals surface area contributed by atoms with Crippen LogP contribution in [0.5, 0.6) is 0 Å². The van der Waals surface area contributed by atoms with Crippen LogP contribution in [-0.2, 0) is 4.74 Å². The Bertz CT molecular complexity index is 701. The van der Waals surface area contributed by atoms with E-state index < -0.39 is 5.97 Å². The highest BCUT2D eigenvalue weighted by Gasteiger charge is 2.14. The Morgan fingerprint density at radius 2 is 1.90 bits per heavy atom. The number of nitrogens with one attached hydrogen (secondary N) is 1. The number of aromatic nitrogens is 1. The molecule has 5 nitrogen and oxygen atoms in total. The number of methoxy groups -OCH3 is 1. The summed E-state index contributed by atoms with van der Waals surface area (Å²) in [5.41, 5.74) is 1.89. The summed E-state index contributed by atoms with van der Waals surface area (Å²) in [5, 5.41) is 2.74. The van der Waals surface area contributed by atoms with Gasteiger partial charge in [-0.2, -0.15) is 0 Å². The number of esters is 1. The summed E-state index contributed by atoms with van der Waals surface area (Å²) >= 11 is 3.22. The number of pyridine rings is 1. The molecule has 1 aromatic carbocycles. The first-order chi connectivity index (χ1) is 10.0. The van der Waals surface area contributed by atoms with Gasteiger partial charge in [-0.15, -0.1) is 0 Å². The van der Waals surface area contributed by atoms with Crippen molar-refractivity contribution in [2.45, 2.75) is 6.92 Å².